The second kappa shape index (κ2) is 3.89. The molecule has 1 N–H and O–H groups in total. The van der Waals surface area contributed by atoms with Crippen molar-refractivity contribution in [2.75, 3.05) is 5.32 Å². The van der Waals surface area contributed by atoms with Crippen LogP contribution in [0, 0.1) is 0 Å². The third kappa shape index (κ3) is 1.58. The Morgan fingerprint density at radius 1 is 1.05 bits per heavy atom. The summed E-state index contributed by atoms with van der Waals surface area (Å²) in [5.41, 5.74) is 3.27. The summed E-state index contributed by atoms with van der Waals surface area (Å²) in [5.74, 6) is 0. The van der Waals surface area contributed by atoms with Gasteiger partial charge in [0, 0.05) is 27.8 Å². The predicted octanol–water partition coefficient (Wildman–Crippen LogP) is 4.67. The molecule has 21 heavy (non-hydrogen) atoms. The van der Waals surface area contributed by atoms with Crippen LogP contribution in [0.15, 0.2) is 54.6 Å². The fourth-order valence-electron chi connectivity index (χ4n) is 3.21. The van der Waals surface area contributed by atoms with E-state index in [0.717, 1.165) is 11.5 Å². The highest BCUT2D eigenvalue weighted by atomic mass is 32.1. The van der Waals surface area contributed by atoms with Crippen LogP contribution < -0.4 is 10.1 Å². The molecule has 0 amide bonds. The molecule has 3 aromatic rings. The first-order chi connectivity index (χ1) is 10.3. The van der Waals surface area contributed by atoms with Gasteiger partial charge in [0.15, 0.2) is 5.06 Å². The van der Waals surface area contributed by atoms with Gasteiger partial charge in [-0.1, -0.05) is 47.7 Å². The van der Waals surface area contributed by atoms with E-state index in [2.05, 4.69) is 66.0 Å². The standard InChI is InChI=1S/C18H13NOS/c1-3-7-15-12(5-1)11-18(19-15)10-9-14-13-6-2-4-8-16(13)21-17(14)20-18/h1-10,19H,11H2. The smallest absolute Gasteiger partial charge is 0.205 e. The van der Waals surface area contributed by atoms with Crippen LogP contribution in [0.25, 0.3) is 16.2 Å². The maximum Gasteiger partial charge on any atom is 0.205 e. The van der Waals surface area contributed by atoms with Crippen LogP contribution in [-0.2, 0) is 6.42 Å². The molecule has 2 aliphatic heterocycles. The highest BCUT2D eigenvalue weighted by molar-refractivity contribution is 7.21. The molecule has 3 heteroatoms. The van der Waals surface area contributed by atoms with Crippen LogP contribution in [0.4, 0.5) is 5.69 Å². The normalized spacial score (nSPS) is 21.9. The van der Waals surface area contributed by atoms with Gasteiger partial charge < -0.3 is 10.1 Å². The van der Waals surface area contributed by atoms with Crippen LogP contribution in [0.1, 0.15) is 11.1 Å². The van der Waals surface area contributed by atoms with Gasteiger partial charge in [-0.3, -0.25) is 0 Å². The third-order valence-corrected chi connectivity index (χ3v) is 5.28. The van der Waals surface area contributed by atoms with Crippen LogP contribution >= 0.6 is 11.3 Å². The molecule has 2 aromatic carbocycles. The summed E-state index contributed by atoms with van der Waals surface area (Å²) in [7, 11) is 0. The van der Waals surface area contributed by atoms with Gasteiger partial charge in [0.2, 0.25) is 5.72 Å². The van der Waals surface area contributed by atoms with Crippen molar-refractivity contribution in [1.82, 2.24) is 0 Å². The number of anilines is 1. The van der Waals surface area contributed by atoms with E-state index in [1.54, 1.807) is 11.3 Å². The van der Waals surface area contributed by atoms with Crippen molar-refractivity contribution in [3.05, 3.63) is 65.7 Å². The molecular weight excluding hydrogens is 278 g/mol. The Kier molecular flexibility index (Phi) is 2.11. The van der Waals surface area contributed by atoms with E-state index in [1.807, 2.05) is 0 Å². The summed E-state index contributed by atoms with van der Waals surface area (Å²) in [6.45, 7) is 0. The molecule has 1 atom stereocenters. The van der Waals surface area contributed by atoms with Gasteiger partial charge in [-0.2, -0.15) is 0 Å². The monoisotopic (exact) mass is 291 g/mol. The zero-order chi connectivity index (χ0) is 13.9. The lowest BCUT2D eigenvalue weighted by molar-refractivity contribution is 0.162. The number of hydrogen-bond donors (Lipinski definition) is 1. The lowest BCUT2D eigenvalue weighted by Gasteiger charge is -2.30. The Hall–Kier alpha value is -2.26. The van der Waals surface area contributed by atoms with Gasteiger partial charge in [0.25, 0.3) is 0 Å². The van der Waals surface area contributed by atoms with E-state index in [-0.39, 0.29) is 0 Å². The van der Waals surface area contributed by atoms with E-state index >= 15 is 0 Å². The van der Waals surface area contributed by atoms with Crippen molar-refractivity contribution in [3.8, 4) is 5.06 Å². The summed E-state index contributed by atoms with van der Waals surface area (Å²) in [4.78, 5) is 0. The van der Waals surface area contributed by atoms with E-state index in [0.29, 0.717) is 0 Å². The van der Waals surface area contributed by atoms with Crippen molar-refractivity contribution in [3.63, 3.8) is 0 Å². The van der Waals surface area contributed by atoms with Crippen molar-refractivity contribution in [2.45, 2.75) is 12.1 Å². The van der Waals surface area contributed by atoms with Crippen LogP contribution in [0.2, 0.25) is 0 Å². The number of ether oxygens (including phenoxy) is 1. The second-order valence-electron chi connectivity index (χ2n) is 5.58. The highest BCUT2D eigenvalue weighted by Crippen LogP contribution is 2.46. The Morgan fingerprint density at radius 2 is 1.90 bits per heavy atom. The molecule has 3 heterocycles. The molecule has 2 nitrogen and oxygen atoms in total. The first-order valence-electron chi connectivity index (χ1n) is 7.09. The van der Waals surface area contributed by atoms with Crippen molar-refractivity contribution >= 4 is 33.2 Å². The zero-order valence-corrected chi connectivity index (χ0v) is 12.1. The fraction of sp³-hybridized carbons (Fsp3) is 0.111. The lowest BCUT2D eigenvalue weighted by Crippen LogP contribution is -2.41. The van der Waals surface area contributed by atoms with Crippen LogP contribution in [0.3, 0.4) is 0 Å². The quantitative estimate of drug-likeness (QED) is 0.650. The van der Waals surface area contributed by atoms with Gasteiger partial charge in [0.1, 0.15) is 0 Å². The van der Waals surface area contributed by atoms with Crippen LogP contribution in [0.5, 0.6) is 5.06 Å². The molecule has 102 valence electrons. The van der Waals surface area contributed by atoms with Crippen molar-refractivity contribution in [1.29, 1.82) is 0 Å². The number of benzene rings is 2. The van der Waals surface area contributed by atoms with Gasteiger partial charge in [0.05, 0.1) is 0 Å². The van der Waals surface area contributed by atoms with E-state index < -0.39 is 5.72 Å². The summed E-state index contributed by atoms with van der Waals surface area (Å²) in [6, 6.07) is 16.9. The number of nitrogens with one attached hydrogen (secondary N) is 1. The Balaban J connectivity index is 1.61. The van der Waals surface area contributed by atoms with E-state index in [1.165, 1.54) is 26.9 Å². The minimum atomic E-state index is -0.419. The molecule has 0 fully saturated rings. The molecule has 0 saturated carbocycles. The highest BCUT2D eigenvalue weighted by Gasteiger charge is 2.39. The van der Waals surface area contributed by atoms with Crippen molar-refractivity contribution < 1.29 is 4.74 Å². The topological polar surface area (TPSA) is 21.3 Å². The number of hydrogen-bond acceptors (Lipinski definition) is 3. The number of para-hydroxylation sites is 1. The van der Waals surface area contributed by atoms with Crippen LogP contribution in [-0.4, -0.2) is 5.72 Å². The molecule has 0 bridgehead atoms. The average Bonchev–Trinajstić information content (AvgIpc) is 3.03. The van der Waals surface area contributed by atoms with Crippen molar-refractivity contribution in [2.24, 2.45) is 0 Å². The molecule has 5 rings (SSSR count). The number of fused-ring (bicyclic) bond motifs is 4. The van der Waals surface area contributed by atoms with E-state index in [4.69, 9.17) is 4.74 Å². The molecule has 2 aliphatic rings. The second-order valence-corrected chi connectivity index (χ2v) is 6.60. The largest absolute Gasteiger partial charge is 0.454 e. The summed E-state index contributed by atoms with van der Waals surface area (Å²) in [5, 5.41) is 5.82. The van der Waals surface area contributed by atoms with Gasteiger partial charge in [-0.25, -0.2) is 0 Å². The van der Waals surface area contributed by atoms with E-state index in [9.17, 15) is 0 Å². The van der Waals surface area contributed by atoms with Gasteiger partial charge >= 0.3 is 0 Å². The van der Waals surface area contributed by atoms with Gasteiger partial charge in [-0.05, 0) is 29.8 Å². The molecule has 1 spiro atoms. The molecule has 1 unspecified atom stereocenters. The summed E-state index contributed by atoms with van der Waals surface area (Å²) in [6.07, 6.45) is 5.23. The minimum Gasteiger partial charge on any atom is -0.454 e. The molecule has 0 radical (unpaired) electrons. The molecular formula is C18H13NOS. The molecule has 1 aromatic heterocycles. The number of rotatable bonds is 0. The Bertz CT molecular complexity index is 868. The summed E-state index contributed by atoms with van der Waals surface area (Å²) >= 11 is 1.73. The molecule has 0 aliphatic carbocycles. The maximum atomic E-state index is 6.37. The maximum absolute atomic E-state index is 6.37. The molecule has 0 saturated heterocycles. The lowest BCUT2D eigenvalue weighted by atomic mass is 10.0. The first-order valence-corrected chi connectivity index (χ1v) is 7.91. The Labute approximate surface area is 126 Å². The van der Waals surface area contributed by atoms with Gasteiger partial charge in [-0.15, -0.1) is 0 Å². The predicted molar refractivity (Wildman–Crippen MR) is 88.0 cm³/mol. The Morgan fingerprint density at radius 3 is 2.86 bits per heavy atom. The zero-order valence-electron chi connectivity index (χ0n) is 11.3. The average molecular weight is 291 g/mol. The fourth-order valence-corrected chi connectivity index (χ4v) is 4.32. The number of thiophene rings is 1. The first kappa shape index (κ1) is 11.4. The minimum absolute atomic E-state index is 0.419. The third-order valence-electron chi connectivity index (χ3n) is 4.21. The summed E-state index contributed by atoms with van der Waals surface area (Å²) < 4.78 is 7.65. The SMILES string of the molecule is C1=CC2(Cc3ccccc3N2)Oc2sc3ccccc3c21.